The lowest BCUT2D eigenvalue weighted by molar-refractivity contribution is 0.0692. The molecule has 1 amide bonds. The molecule has 2 aromatic carbocycles. The number of carbonyl (C=O) groups is 1. The smallest absolute Gasteiger partial charge is 0.278 e. The second-order valence-electron chi connectivity index (χ2n) is 6.37. The Morgan fingerprint density at radius 1 is 1.11 bits per heavy atom. The van der Waals surface area contributed by atoms with Gasteiger partial charge in [0.15, 0.2) is 11.4 Å². The molecule has 1 unspecified atom stereocenters. The van der Waals surface area contributed by atoms with Crippen LogP contribution in [0.15, 0.2) is 60.8 Å². The predicted octanol–water partition coefficient (Wildman–Crippen LogP) is 4.11. The summed E-state index contributed by atoms with van der Waals surface area (Å²) in [6.07, 6.45) is 1.73. The highest BCUT2D eigenvalue weighted by molar-refractivity contribution is 5.95. The highest BCUT2D eigenvalue weighted by atomic mass is 16.5. The summed E-state index contributed by atoms with van der Waals surface area (Å²) < 4.78 is 12.4. The fraction of sp³-hybridized carbons (Fsp3) is 0.273. The molecule has 28 heavy (non-hydrogen) atoms. The predicted molar refractivity (Wildman–Crippen MR) is 108 cm³/mol. The molecule has 3 rings (SSSR count). The molecule has 1 atom stereocenters. The van der Waals surface area contributed by atoms with Gasteiger partial charge in [-0.2, -0.15) is 5.10 Å². The molecular formula is C22H25N3O3. The Balaban J connectivity index is 1.93. The maximum Gasteiger partial charge on any atom is 0.278 e. The lowest BCUT2D eigenvalue weighted by atomic mass is 10.1. The molecular weight excluding hydrogens is 354 g/mol. The molecule has 0 aliphatic heterocycles. The fourth-order valence-corrected chi connectivity index (χ4v) is 3.18. The van der Waals surface area contributed by atoms with E-state index in [1.54, 1.807) is 30.0 Å². The molecule has 3 aromatic rings. The van der Waals surface area contributed by atoms with Crippen LogP contribution in [0.3, 0.4) is 0 Å². The Morgan fingerprint density at radius 3 is 2.50 bits per heavy atom. The molecule has 0 fully saturated rings. The Morgan fingerprint density at radius 2 is 1.86 bits per heavy atom. The minimum atomic E-state index is -0.177. The number of nitrogens with zero attached hydrogens (tertiary/aromatic N) is 3. The number of ether oxygens (including phenoxy) is 2. The number of carbonyl (C=O) groups excluding carboxylic acids is 1. The summed E-state index contributed by atoms with van der Waals surface area (Å²) in [6.45, 7) is 4.49. The van der Waals surface area contributed by atoms with E-state index in [1.165, 1.54) is 0 Å². The average molecular weight is 379 g/mol. The third kappa shape index (κ3) is 3.86. The first-order valence-electron chi connectivity index (χ1n) is 9.23. The molecule has 0 bridgehead atoms. The van der Waals surface area contributed by atoms with Crippen molar-refractivity contribution >= 4 is 5.91 Å². The number of hydrogen-bond acceptors (Lipinski definition) is 4. The second kappa shape index (κ2) is 8.61. The topological polar surface area (TPSA) is 56.6 Å². The van der Waals surface area contributed by atoms with Gasteiger partial charge in [-0.05, 0) is 43.7 Å². The molecule has 0 saturated heterocycles. The van der Waals surface area contributed by atoms with Crippen molar-refractivity contribution in [2.75, 3.05) is 20.8 Å². The Bertz CT molecular complexity index is 937. The van der Waals surface area contributed by atoms with Gasteiger partial charge in [0.25, 0.3) is 5.91 Å². The van der Waals surface area contributed by atoms with Gasteiger partial charge < -0.3 is 14.4 Å². The summed E-state index contributed by atoms with van der Waals surface area (Å²) in [5, 5.41) is 4.51. The van der Waals surface area contributed by atoms with E-state index in [9.17, 15) is 4.79 Å². The number of rotatable bonds is 7. The number of hydrogen-bond donors (Lipinski definition) is 0. The average Bonchev–Trinajstić information content (AvgIpc) is 3.19. The van der Waals surface area contributed by atoms with E-state index in [2.05, 4.69) is 5.10 Å². The maximum atomic E-state index is 13.3. The number of para-hydroxylation sites is 1. The van der Waals surface area contributed by atoms with Crippen molar-refractivity contribution in [2.24, 2.45) is 0 Å². The molecule has 0 radical (unpaired) electrons. The van der Waals surface area contributed by atoms with E-state index in [0.717, 1.165) is 17.0 Å². The first-order valence-corrected chi connectivity index (χ1v) is 9.23. The van der Waals surface area contributed by atoms with Crippen LogP contribution in [0.5, 0.6) is 11.5 Å². The van der Waals surface area contributed by atoms with Crippen LogP contribution in [0.4, 0.5) is 0 Å². The molecule has 0 aliphatic rings. The van der Waals surface area contributed by atoms with E-state index in [1.807, 2.05) is 68.4 Å². The van der Waals surface area contributed by atoms with Crippen molar-refractivity contribution in [1.29, 1.82) is 0 Å². The van der Waals surface area contributed by atoms with Crippen LogP contribution in [0.1, 0.15) is 35.9 Å². The zero-order valence-electron chi connectivity index (χ0n) is 16.6. The first-order chi connectivity index (χ1) is 13.6. The van der Waals surface area contributed by atoms with Gasteiger partial charge >= 0.3 is 0 Å². The normalized spacial score (nSPS) is 11.7. The summed E-state index contributed by atoms with van der Waals surface area (Å²) in [4.78, 5) is 15.1. The first kappa shape index (κ1) is 19.5. The van der Waals surface area contributed by atoms with Crippen molar-refractivity contribution in [3.8, 4) is 17.2 Å². The van der Waals surface area contributed by atoms with Crippen LogP contribution in [0, 0.1) is 0 Å². The molecule has 6 heteroatoms. The van der Waals surface area contributed by atoms with Gasteiger partial charge in [0.05, 0.1) is 32.1 Å². The van der Waals surface area contributed by atoms with E-state index < -0.39 is 0 Å². The van der Waals surface area contributed by atoms with Gasteiger partial charge in [0.1, 0.15) is 5.75 Å². The van der Waals surface area contributed by atoms with Gasteiger partial charge in [-0.25, -0.2) is 4.68 Å². The van der Waals surface area contributed by atoms with Gasteiger partial charge in [-0.1, -0.05) is 30.3 Å². The van der Waals surface area contributed by atoms with Gasteiger partial charge in [0, 0.05) is 6.54 Å². The summed E-state index contributed by atoms with van der Waals surface area (Å²) in [5.41, 5.74) is 2.16. The van der Waals surface area contributed by atoms with Crippen molar-refractivity contribution in [3.05, 3.63) is 72.1 Å². The van der Waals surface area contributed by atoms with Crippen LogP contribution in [-0.2, 0) is 0 Å². The van der Waals surface area contributed by atoms with Crippen molar-refractivity contribution in [2.45, 2.75) is 19.9 Å². The Hall–Kier alpha value is -3.28. The largest absolute Gasteiger partial charge is 0.497 e. The van der Waals surface area contributed by atoms with E-state index in [0.29, 0.717) is 18.0 Å². The molecule has 6 nitrogen and oxygen atoms in total. The van der Waals surface area contributed by atoms with Crippen LogP contribution in [0.25, 0.3) is 5.69 Å². The zero-order valence-corrected chi connectivity index (χ0v) is 16.6. The molecule has 0 N–H and O–H groups in total. The SMILES string of the molecule is CCN(C(=O)c1nn(-c2ccccc2)cc1OC)C(C)c1cccc(OC)c1. The van der Waals surface area contributed by atoms with E-state index in [-0.39, 0.29) is 11.9 Å². The van der Waals surface area contributed by atoms with E-state index in [4.69, 9.17) is 9.47 Å². The van der Waals surface area contributed by atoms with Crippen LogP contribution in [-0.4, -0.2) is 41.4 Å². The monoisotopic (exact) mass is 379 g/mol. The van der Waals surface area contributed by atoms with Crippen molar-refractivity contribution < 1.29 is 14.3 Å². The minimum absolute atomic E-state index is 0.140. The highest BCUT2D eigenvalue weighted by Crippen LogP contribution is 2.28. The molecule has 0 spiro atoms. The fourth-order valence-electron chi connectivity index (χ4n) is 3.18. The minimum Gasteiger partial charge on any atom is -0.497 e. The number of methoxy groups -OCH3 is 2. The number of amides is 1. The highest BCUT2D eigenvalue weighted by Gasteiger charge is 2.27. The van der Waals surface area contributed by atoms with Crippen molar-refractivity contribution in [1.82, 2.24) is 14.7 Å². The van der Waals surface area contributed by atoms with Gasteiger partial charge in [0.2, 0.25) is 0 Å². The number of benzene rings is 2. The van der Waals surface area contributed by atoms with E-state index >= 15 is 0 Å². The molecule has 146 valence electrons. The zero-order chi connectivity index (χ0) is 20.1. The summed E-state index contributed by atoms with van der Waals surface area (Å²) in [7, 11) is 3.18. The van der Waals surface area contributed by atoms with Crippen molar-refractivity contribution in [3.63, 3.8) is 0 Å². The van der Waals surface area contributed by atoms with Crippen LogP contribution < -0.4 is 9.47 Å². The second-order valence-corrected chi connectivity index (χ2v) is 6.37. The quantitative estimate of drug-likeness (QED) is 0.620. The molecule has 1 heterocycles. The lowest BCUT2D eigenvalue weighted by Gasteiger charge is -2.28. The summed E-state index contributed by atoms with van der Waals surface area (Å²) >= 11 is 0. The van der Waals surface area contributed by atoms with Crippen LogP contribution in [0.2, 0.25) is 0 Å². The lowest BCUT2D eigenvalue weighted by Crippen LogP contribution is -2.34. The van der Waals surface area contributed by atoms with Crippen LogP contribution >= 0.6 is 0 Å². The molecule has 0 saturated carbocycles. The number of aromatic nitrogens is 2. The van der Waals surface area contributed by atoms with Gasteiger partial charge in [-0.15, -0.1) is 0 Å². The summed E-state index contributed by atoms with van der Waals surface area (Å²) in [5.74, 6) is 1.04. The maximum absolute atomic E-state index is 13.3. The molecule has 0 aliphatic carbocycles. The third-order valence-electron chi connectivity index (χ3n) is 4.77. The van der Waals surface area contributed by atoms with Gasteiger partial charge in [-0.3, -0.25) is 4.79 Å². The Labute approximate surface area is 165 Å². The Kier molecular flexibility index (Phi) is 5.99. The molecule has 1 aromatic heterocycles. The summed E-state index contributed by atoms with van der Waals surface area (Å²) in [6, 6.07) is 17.2. The third-order valence-corrected chi connectivity index (χ3v) is 4.77. The standard InChI is InChI=1S/C22H25N3O3/c1-5-24(16(2)17-10-9-13-19(14-17)27-3)22(26)21-20(28-4)15-25(23-21)18-11-7-6-8-12-18/h6-16H,5H2,1-4H3.